The van der Waals surface area contributed by atoms with E-state index in [9.17, 15) is 9.59 Å². The predicted octanol–water partition coefficient (Wildman–Crippen LogP) is 2.91. The van der Waals surface area contributed by atoms with Gasteiger partial charge in [0.1, 0.15) is 0 Å². The normalized spacial score (nSPS) is 23.4. The largest absolute Gasteiger partial charge is 0.356 e. The average Bonchev–Trinajstić information content (AvgIpc) is 3.03. The van der Waals surface area contributed by atoms with Crippen LogP contribution in [0.4, 0.5) is 5.69 Å². The molecule has 2 atom stereocenters. The summed E-state index contributed by atoms with van der Waals surface area (Å²) in [6.45, 7) is 3.49. The molecule has 0 bridgehead atoms. The third-order valence-corrected chi connectivity index (χ3v) is 5.12. The van der Waals surface area contributed by atoms with Crippen LogP contribution in [0.2, 0.25) is 0 Å². The molecule has 0 saturated heterocycles. The van der Waals surface area contributed by atoms with Crippen LogP contribution < -0.4 is 10.2 Å². The van der Waals surface area contributed by atoms with E-state index in [0.29, 0.717) is 6.54 Å². The van der Waals surface area contributed by atoms with Gasteiger partial charge in [-0.15, -0.1) is 0 Å². The first-order chi connectivity index (χ1) is 11.2. The lowest BCUT2D eigenvalue weighted by molar-refractivity contribution is -0.135. The van der Waals surface area contributed by atoms with Crippen LogP contribution in [0, 0.1) is 11.8 Å². The minimum Gasteiger partial charge on any atom is -0.356 e. The van der Waals surface area contributed by atoms with Gasteiger partial charge in [0.25, 0.3) is 0 Å². The summed E-state index contributed by atoms with van der Waals surface area (Å²) in [7, 11) is 0. The summed E-state index contributed by atoms with van der Waals surface area (Å²) in [4.78, 5) is 27.5. The Morgan fingerprint density at radius 2 is 1.91 bits per heavy atom. The van der Waals surface area contributed by atoms with Crippen molar-refractivity contribution in [2.24, 2.45) is 11.8 Å². The molecule has 1 fully saturated rings. The fourth-order valence-electron chi connectivity index (χ4n) is 3.89. The van der Waals surface area contributed by atoms with Gasteiger partial charge in [-0.25, -0.2) is 0 Å². The van der Waals surface area contributed by atoms with E-state index < -0.39 is 0 Å². The van der Waals surface area contributed by atoms with Crippen molar-refractivity contribution in [1.82, 2.24) is 5.32 Å². The zero-order valence-electron chi connectivity index (χ0n) is 13.9. The molecule has 2 aliphatic rings. The van der Waals surface area contributed by atoms with E-state index in [0.717, 1.165) is 50.8 Å². The number of hydrogen-bond donors (Lipinski definition) is 1. The number of benzene rings is 1. The average molecular weight is 314 g/mol. The first kappa shape index (κ1) is 16.0. The van der Waals surface area contributed by atoms with Crippen LogP contribution in [0.1, 0.15) is 44.6 Å². The highest BCUT2D eigenvalue weighted by atomic mass is 16.2. The second-order valence-corrected chi connectivity index (χ2v) is 6.66. The molecule has 2 amide bonds. The highest BCUT2D eigenvalue weighted by molar-refractivity contribution is 5.99. The van der Waals surface area contributed by atoms with Crippen LogP contribution in [-0.2, 0) is 16.0 Å². The number of hydrogen-bond acceptors (Lipinski definition) is 2. The first-order valence-electron chi connectivity index (χ1n) is 8.89. The fourth-order valence-corrected chi connectivity index (χ4v) is 3.89. The zero-order valence-corrected chi connectivity index (χ0v) is 13.9. The molecular formula is C19H26N2O2. The molecule has 1 heterocycles. The quantitative estimate of drug-likeness (QED) is 0.929. The summed E-state index contributed by atoms with van der Waals surface area (Å²) in [6, 6.07) is 8.12. The maximum absolute atomic E-state index is 13.1. The molecule has 23 heavy (non-hydrogen) atoms. The first-order valence-corrected chi connectivity index (χ1v) is 8.89. The van der Waals surface area contributed by atoms with Crippen LogP contribution >= 0.6 is 0 Å². The van der Waals surface area contributed by atoms with Crippen molar-refractivity contribution in [3.8, 4) is 0 Å². The number of para-hydroxylation sites is 1. The van der Waals surface area contributed by atoms with E-state index in [-0.39, 0.29) is 23.7 Å². The Morgan fingerprint density at radius 3 is 2.70 bits per heavy atom. The van der Waals surface area contributed by atoms with Gasteiger partial charge >= 0.3 is 0 Å². The van der Waals surface area contributed by atoms with Gasteiger partial charge < -0.3 is 10.2 Å². The Labute approximate surface area is 138 Å². The molecular weight excluding hydrogens is 288 g/mol. The van der Waals surface area contributed by atoms with Gasteiger partial charge in [-0.1, -0.05) is 38.0 Å². The number of rotatable bonds is 4. The fraction of sp³-hybridized carbons (Fsp3) is 0.579. The smallest absolute Gasteiger partial charge is 0.230 e. The highest BCUT2D eigenvalue weighted by Gasteiger charge is 2.39. The number of nitrogens with zero attached hydrogens (tertiary/aromatic N) is 1. The minimum absolute atomic E-state index is 0.0670. The molecule has 1 aliphatic heterocycles. The molecule has 1 aromatic carbocycles. The molecule has 2 unspecified atom stereocenters. The van der Waals surface area contributed by atoms with E-state index in [1.165, 1.54) is 5.56 Å². The lowest BCUT2D eigenvalue weighted by atomic mass is 9.77. The van der Waals surface area contributed by atoms with Crippen molar-refractivity contribution in [3.63, 3.8) is 0 Å². The van der Waals surface area contributed by atoms with Crippen molar-refractivity contribution < 1.29 is 9.59 Å². The molecule has 4 nitrogen and oxygen atoms in total. The third kappa shape index (κ3) is 3.26. The van der Waals surface area contributed by atoms with Crippen LogP contribution in [0.5, 0.6) is 0 Å². The second-order valence-electron chi connectivity index (χ2n) is 6.66. The van der Waals surface area contributed by atoms with Gasteiger partial charge in [0.05, 0.1) is 5.92 Å². The topological polar surface area (TPSA) is 49.4 Å². The van der Waals surface area contributed by atoms with Crippen LogP contribution in [-0.4, -0.2) is 24.9 Å². The lowest BCUT2D eigenvalue weighted by Gasteiger charge is -2.32. The van der Waals surface area contributed by atoms with E-state index in [4.69, 9.17) is 0 Å². The molecule has 0 aromatic heterocycles. The molecule has 1 N–H and O–H groups in total. The molecule has 1 aliphatic carbocycles. The maximum Gasteiger partial charge on any atom is 0.230 e. The lowest BCUT2D eigenvalue weighted by Crippen LogP contribution is -2.45. The second kappa shape index (κ2) is 7.16. The Morgan fingerprint density at radius 1 is 1.17 bits per heavy atom. The van der Waals surface area contributed by atoms with Crippen LogP contribution in [0.15, 0.2) is 24.3 Å². The summed E-state index contributed by atoms with van der Waals surface area (Å²) in [5.74, 6) is -0.106. The van der Waals surface area contributed by atoms with Gasteiger partial charge in [-0.2, -0.15) is 0 Å². The van der Waals surface area contributed by atoms with E-state index >= 15 is 0 Å². The Kier molecular flexibility index (Phi) is 4.99. The van der Waals surface area contributed by atoms with E-state index in [2.05, 4.69) is 11.4 Å². The third-order valence-electron chi connectivity index (χ3n) is 5.12. The van der Waals surface area contributed by atoms with Gasteiger partial charge in [0.2, 0.25) is 11.8 Å². The Hall–Kier alpha value is -1.84. The standard InChI is InChI=1S/C19H26N2O2/c1-2-12-20-18(22)15-8-4-5-9-16(15)19(23)21-13-11-14-7-3-6-10-17(14)21/h3,6-7,10,15-16H,2,4-5,8-9,11-13H2,1H3,(H,20,22). The molecule has 1 aromatic rings. The summed E-state index contributed by atoms with van der Waals surface area (Å²) in [6.07, 6.45) is 5.61. The molecule has 1 saturated carbocycles. The van der Waals surface area contributed by atoms with Crippen molar-refractivity contribution in [3.05, 3.63) is 29.8 Å². The molecule has 4 heteroatoms. The summed E-state index contributed by atoms with van der Waals surface area (Å²) < 4.78 is 0. The summed E-state index contributed by atoms with van der Waals surface area (Å²) in [5, 5.41) is 2.99. The van der Waals surface area contributed by atoms with Gasteiger partial charge in [-0.05, 0) is 37.3 Å². The number of carbonyl (C=O) groups excluding carboxylic acids is 2. The van der Waals surface area contributed by atoms with Crippen molar-refractivity contribution in [2.45, 2.75) is 45.4 Å². The molecule has 3 rings (SSSR count). The van der Waals surface area contributed by atoms with Gasteiger partial charge in [-0.3, -0.25) is 9.59 Å². The Bertz CT molecular complexity index is 584. The van der Waals surface area contributed by atoms with E-state index in [1.54, 1.807) is 0 Å². The highest BCUT2D eigenvalue weighted by Crippen LogP contribution is 2.35. The Balaban J connectivity index is 1.76. The molecule has 124 valence electrons. The van der Waals surface area contributed by atoms with Crippen molar-refractivity contribution in [2.75, 3.05) is 18.0 Å². The number of fused-ring (bicyclic) bond motifs is 1. The minimum atomic E-state index is -0.160. The van der Waals surface area contributed by atoms with Gasteiger partial charge in [0, 0.05) is 24.7 Å². The van der Waals surface area contributed by atoms with Crippen molar-refractivity contribution >= 4 is 17.5 Å². The maximum atomic E-state index is 13.1. The van der Waals surface area contributed by atoms with Crippen LogP contribution in [0.25, 0.3) is 0 Å². The van der Waals surface area contributed by atoms with Crippen LogP contribution in [0.3, 0.4) is 0 Å². The predicted molar refractivity (Wildman–Crippen MR) is 91.2 cm³/mol. The summed E-state index contributed by atoms with van der Waals surface area (Å²) in [5.41, 5.74) is 2.28. The van der Waals surface area contributed by atoms with Gasteiger partial charge in [0.15, 0.2) is 0 Å². The molecule has 0 radical (unpaired) electrons. The number of nitrogens with one attached hydrogen (secondary N) is 1. The number of amides is 2. The molecule has 0 spiro atoms. The zero-order chi connectivity index (χ0) is 16.2. The SMILES string of the molecule is CCCNC(=O)C1CCCCC1C(=O)N1CCc2ccccc21. The number of carbonyl (C=O) groups is 2. The summed E-state index contributed by atoms with van der Waals surface area (Å²) >= 11 is 0. The van der Waals surface area contributed by atoms with Crippen molar-refractivity contribution in [1.29, 1.82) is 0 Å². The number of anilines is 1. The van der Waals surface area contributed by atoms with E-state index in [1.807, 2.05) is 30.0 Å². The monoisotopic (exact) mass is 314 g/mol.